The first-order chi connectivity index (χ1) is 14.2. The summed E-state index contributed by atoms with van der Waals surface area (Å²) in [6.07, 6.45) is 18.9. The number of unbranched alkanes of at least 4 members (excludes halogenated alkanes) is 4. The van der Waals surface area contributed by atoms with Gasteiger partial charge in [0.05, 0.1) is 0 Å². The second kappa shape index (κ2) is 11.4. The molecule has 0 aliphatic heterocycles. The van der Waals surface area contributed by atoms with Crippen LogP contribution in [0.5, 0.6) is 0 Å². The molecule has 2 nitrogen and oxygen atoms in total. The topological polar surface area (TPSA) is 25.8 Å². The molecule has 1 saturated carbocycles. The molecule has 1 aliphatic carbocycles. The second-order valence-electron chi connectivity index (χ2n) is 8.82. The molecular weight excluding hydrogens is 359 g/mol. The Morgan fingerprint density at radius 2 is 1.62 bits per heavy atom. The van der Waals surface area contributed by atoms with Crippen LogP contribution in [0.4, 0.5) is 4.39 Å². The van der Waals surface area contributed by atoms with Crippen molar-refractivity contribution in [3.05, 3.63) is 47.5 Å². The van der Waals surface area contributed by atoms with Crippen molar-refractivity contribution in [2.45, 2.75) is 96.8 Å². The van der Waals surface area contributed by atoms with E-state index in [1.54, 1.807) is 6.07 Å². The van der Waals surface area contributed by atoms with E-state index in [1.165, 1.54) is 63.4 Å². The number of hydrogen-bond acceptors (Lipinski definition) is 2. The van der Waals surface area contributed by atoms with Crippen LogP contribution in [0, 0.1) is 11.7 Å². The Bertz CT molecular complexity index is 733. The lowest BCUT2D eigenvalue weighted by Gasteiger charge is -2.28. The van der Waals surface area contributed by atoms with Crippen molar-refractivity contribution in [1.29, 1.82) is 0 Å². The molecule has 2 aromatic rings. The van der Waals surface area contributed by atoms with E-state index < -0.39 is 0 Å². The predicted octanol–water partition coefficient (Wildman–Crippen LogP) is 7.87. The summed E-state index contributed by atoms with van der Waals surface area (Å²) in [6.45, 7) is 4.40. The van der Waals surface area contributed by atoms with E-state index in [9.17, 15) is 4.39 Å². The summed E-state index contributed by atoms with van der Waals surface area (Å²) < 4.78 is 14.3. The highest BCUT2D eigenvalue weighted by Crippen LogP contribution is 2.37. The molecular formula is C26H37FN2. The van der Waals surface area contributed by atoms with Crippen LogP contribution >= 0.6 is 0 Å². The fourth-order valence-corrected chi connectivity index (χ4v) is 4.60. The van der Waals surface area contributed by atoms with Crippen molar-refractivity contribution in [2.24, 2.45) is 5.92 Å². The Morgan fingerprint density at radius 3 is 2.28 bits per heavy atom. The second-order valence-corrected chi connectivity index (χ2v) is 8.82. The summed E-state index contributed by atoms with van der Waals surface area (Å²) in [4.78, 5) is 9.14. The van der Waals surface area contributed by atoms with Crippen LogP contribution < -0.4 is 0 Å². The SMILES string of the molecule is CCCCCCC1CCC(c2cnc(-c3ccc(CCCC)c(F)c3)nc2)CC1. The van der Waals surface area contributed by atoms with E-state index in [-0.39, 0.29) is 5.82 Å². The normalized spacial score (nSPS) is 19.4. The van der Waals surface area contributed by atoms with Crippen LogP contribution in [0.1, 0.15) is 102 Å². The van der Waals surface area contributed by atoms with Gasteiger partial charge >= 0.3 is 0 Å². The van der Waals surface area contributed by atoms with Crippen LogP contribution in [0.25, 0.3) is 11.4 Å². The van der Waals surface area contributed by atoms with Gasteiger partial charge in [-0.1, -0.05) is 64.5 Å². The van der Waals surface area contributed by atoms with Crippen molar-refractivity contribution in [3.8, 4) is 11.4 Å². The van der Waals surface area contributed by atoms with Gasteiger partial charge < -0.3 is 0 Å². The van der Waals surface area contributed by atoms with Gasteiger partial charge in [0, 0.05) is 18.0 Å². The molecule has 29 heavy (non-hydrogen) atoms. The van der Waals surface area contributed by atoms with Gasteiger partial charge in [-0.05, 0) is 67.6 Å². The van der Waals surface area contributed by atoms with Crippen molar-refractivity contribution in [3.63, 3.8) is 0 Å². The van der Waals surface area contributed by atoms with Crippen LogP contribution in [-0.2, 0) is 6.42 Å². The molecule has 3 heteroatoms. The lowest BCUT2D eigenvalue weighted by Crippen LogP contribution is -2.14. The molecule has 0 radical (unpaired) electrons. The maximum absolute atomic E-state index is 14.3. The first kappa shape index (κ1) is 21.9. The van der Waals surface area contributed by atoms with Gasteiger partial charge in [-0.15, -0.1) is 0 Å². The summed E-state index contributed by atoms with van der Waals surface area (Å²) in [5.41, 5.74) is 2.81. The third kappa shape index (κ3) is 6.35. The average Bonchev–Trinajstić information content (AvgIpc) is 2.76. The minimum atomic E-state index is -0.138. The Morgan fingerprint density at radius 1 is 0.897 bits per heavy atom. The highest BCUT2D eigenvalue weighted by molar-refractivity contribution is 5.55. The summed E-state index contributed by atoms with van der Waals surface area (Å²) in [5, 5.41) is 0. The molecule has 1 heterocycles. The first-order valence-corrected chi connectivity index (χ1v) is 11.8. The zero-order valence-electron chi connectivity index (χ0n) is 18.3. The minimum Gasteiger partial charge on any atom is -0.236 e. The summed E-state index contributed by atoms with van der Waals surface area (Å²) in [7, 11) is 0. The van der Waals surface area contributed by atoms with E-state index in [1.807, 2.05) is 24.5 Å². The fraction of sp³-hybridized carbons (Fsp3) is 0.615. The van der Waals surface area contributed by atoms with E-state index in [0.717, 1.165) is 36.3 Å². The summed E-state index contributed by atoms with van der Waals surface area (Å²) in [6, 6.07) is 5.43. The van der Waals surface area contributed by atoms with E-state index in [0.29, 0.717) is 11.7 Å². The third-order valence-electron chi connectivity index (χ3n) is 6.57. The van der Waals surface area contributed by atoms with Gasteiger partial charge in [0.15, 0.2) is 5.82 Å². The quantitative estimate of drug-likeness (QED) is 0.382. The maximum Gasteiger partial charge on any atom is 0.159 e. The van der Waals surface area contributed by atoms with E-state index in [2.05, 4.69) is 23.8 Å². The van der Waals surface area contributed by atoms with Gasteiger partial charge in [0.25, 0.3) is 0 Å². The van der Waals surface area contributed by atoms with Crippen molar-refractivity contribution in [2.75, 3.05) is 0 Å². The average molecular weight is 397 g/mol. The smallest absolute Gasteiger partial charge is 0.159 e. The molecule has 0 saturated heterocycles. The predicted molar refractivity (Wildman–Crippen MR) is 119 cm³/mol. The van der Waals surface area contributed by atoms with Crippen molar-refractivity contribution in [1.82, 2.24) is 9.97 Å². The fourth-order valence-electron chi connectivity index (χ4n) is 4.60. The number of nitrogens with zero attached hydrogens (tertiary/aromatic N) is 2. The van der Waals surface area contributed by atoms with Gasteiger partial charge in [-0.3, -0.25) is 0 Å². The number of aryl methyl sites for hydroxylation is 1. The van der Waals surface area contributed by atoms with Gasteiger partial charge in [0.2, 0.25) is 0 Å². The Labute approximate surface area is 176 Å². The molecule has 0 amide bonds. The van der Waals surface area contributed by atoms with E-state index >= 15 is 0 Å². The monoisotopic (exact) mass is 396 g/mol. The number of hydrogen-bond donors (Lipinski definition) is 0. The molecule has 1 aromatic heterocycles. The molecule has 0 unspecified atom stereocenters. The van der Waals surface area contributed by atoms with Gasteiger partial charge in [-0.2, -0.15) is 0 Å². The molecule has 0 atom stereocenters. The molecule has 0 N–H and O–H groups in total. The van der Waals surface area contributed by atoms with Crippen molar-refractivity contribution < 1.29 is 4.39 Å². The number of benzene rings is 1. The van der Waals surface area contributed by atoms with Gasteiger partial charge in [-0.25, -0.2) is 14.4 Å². The number of aromatic nitrogens is 2. The Hall–Kier alpha value is -1.77. The molecule has 3 rings (SSSR count). The number of rotatable bonds is 10. The third-order valence-corrected chi connectivity index (χ3v) is 6.57. The molecule has 1 aromatic carbocycles. The highest BCUT2D eigenvalue weighted by Gasteiger charge is 2.22. The molecule has 1 aliphatic rings. The Balaban J connectivity index is 1.54. The van der Waals surface area contributed by atoms with Crippen LogP contribution in [0.2, 0.25) is 0 Å². The first-order valence-electron chi connectivity index (χ1n) is 11.8. The summed E-state index contributed by atoms with van der Waals surface area (Å²) >= 11 is 0. The van der Waals surface area contributed by atoms with Crippen LogP contribution in [-0.4, -0.2) is 9.97 Å². The molecule has 0 spiro atoms. The summed E-state index contributed by atoms with van der Waals surface area (Å²) in [5.74, 6) is 1.99. The van der Waals surface area contributed by atoms with Gasteiger partial charge in [0.1, 0.15) is 5.82 Å². The van der Waals surface area contributed by atoms with Crippen LogP contribution in [0.15, 0.2) is 30.6 Å². The lowest BCUT2D eigenvalue weighted by atomic mass is 9.77. The Kier molecular flexibility index (Phi) is 8.64. The maximum atomic E-state index is 14.3. The van der Waals surface area contributed by atoms with Crippen molar-refractivity contribution >= 4 is 0 Å². The lowest BCUT2D eigenvalue weighted by molar-refractivity contribution is 0.301. The largest absolute Gasteiger partial charge is 0.236 e. The standard InChI is InChI=1S/C26H37FN2/c1-3-5-7-8-9-20-11-13-21(14-12-20)24-18-28-26(29-19-24)23-16-15-22(10-6-4-2)25(27)17-23/h15-21H,3-14H2,1-2H3. The molecule has 158 valence electrons. The zero-order valence-corrected chi connectivity index (χ0v) is 18.3. The highest BCUT2D eigenvalue weighted by atomic mass is 19.1. The number of halogens is 1. The van der Waals surface area contributed by atoms with E-state index in [4.69, 9.17) is 0 Å². The zero-order chi connectivity index (χ0) is 20.5. The minimum absolute atomic E-state index is 0.138. The molecule has 0 bridgehead atoms. The van der Waals surface area contributed by atoms with Crippen LogP contribution in [0.3, 0.4) is 0 Å². The molecule has 1 fully saturated rings.